The van der Waals surface area contributed by atoms with Gasteiger partial charge in [0.25, 0.3) is 0 Å². The van der Waals surface area contributed by atoms with Gasteiger partial charge in [-0.2, -0.15) is 5.10 Å². The number of nitrogen functional groups attached to an aromatic ring is 1. The topological polar surface area (TPSA) is 61.1 Å². The van der Waals surface area contributed by atoms with Crippen LogP contribution in [-0.2, 0) is 0 Å². The third-order valence-corrected chi connectivity index (χ3v) is 4.87. The van der Waals surface area contributed by atoms with Crippen molar-refractivity contribution in [1.82, 2.24) is 14.2 Å². The number of nitrogens with two attached hydrogens (primary N) is 1. The van der Waals surface area contributed by atoms with Crippen molar-refractivity contribution in [3.05, 3.63) is 89.4 Å². The Hall–Kier alpha value is -3.60. The maximum absolute atomic E-state index is 6.05. The molecule has 28 heavy (non-hydrogen) atoms. The van der Waals surface area contributed by atoms with E-state index in [0.29, 0.717) is 5.95 Å². The van der Waals surface area contributed by atoms with E-state index in [0.717, 1.165) is 33.9 Å². The molecule has 0 saturated carbocycles. The van der Waals surface area contributed by atoms with E-state index in [1.165, 1.54) is 5.56 Å². The summed E-state index contributed by atoms with van der Waals surface area (Å²) >= 11 is 0. The third kappa shape index (κ3) is 3.34. The van der Waals surface area contributed by atoms with E-state index in [4.69, 9.17) is 5.73 Å². The molecule has 2 aromatic carbocycles. The van der Waals surface area contributed by atoms with E-state index in [1.807, 2.05) is 42.7 Å². The molecule has 2 heterocycles. The highest BCUT2D eigenvalue weighted by molar-refractivity contribution is 5.82. The maximum atomic E-state index is 6.05. The van der Waals surface area contributed by atoms with Gasteiger partial charge in [-0.1, -0.05) is 48.0 Å². The fourth-order valence-corrected chi connectivity index (χ4v) is 3.36. The lowest BCUT2D eigenvalue weighted by molar-refractivity contribution is 0.897. The molecule has 0 spiro atoms. The van der Waals surface area contributed by atoms with Gasteiger partial charge in [0.05, 0.1) is 18.1 Å². The SMILES string of the molecule is Cc1ccc(-n2c(C)cc(/C=N\n3cc(-c4ccccc4)nc3N)c2C)cc1. The number of imidazole rings is 1. The number of anilines is 1. The molecule has 0 aliphatic carbocycles. The van der Waals surface area contributed by atoms with Crippen LogP contribution in [0.4, 0.5) is 5.95 Å². The molecule has 0 fully saturated rings. The van der Waals surface area contributed by atoms with Gasteiger partial charge in [0.15, 0.2) is 0 Å². The van der Waals surface area contributed by atoms with Crippen LogP contribution in [0, 0.1) is 20.8 Å². The van der Waals surface area contributed by atoms with Crippen molar-refractivity contribution in [3.63, 3.8) is 0 Å². The molecule has 0 radical (unpaired) electrons. The summed E-state index contributed by atoms with van der Waals surface area (Å²) in [5.74, 6) is 0.363. The maximum Gasteiger partial charge on any atom is 0.221 e. The first kappa shape index (κ1) is 17.8. The van der Waals surface area contributed by atoms with Crippen molar-refractivity contribution in [1.29, 1.82) is 0 Å². The standard InChI is InChI=1S/C23H23N5/c1-16-9-11-21(12-10-16)28-17(2)13-20(18(28)3)14-25-27-15-22(26-23(27)24)19-7-5-4-6-8-19/h4-15H,1-3H3,(H2,24,26)/b25-14-. The van der Waals surface area contributed by atoms with Crippen LogP contribution >= 0.6 is 0 Å². The zero-order chi connectivity index (χ0) is 19.7. The Kier molecular flexibility index (Phi) is 4.57. The van der Waals surface area contributed by atoms with Crippen molar-refractivity contribution >= 4 is 12.2 Å². The molecule has 0 aliphatic rings. The van der Waals surface area contributed by atoms with E-state index < -0.39 is 0 Å². The number of hydrogen-bond acceptors (Lipinski definition) is 3. The Balaban J connectivity index is 1.65. The zero-order valence-electron chi connectivity index (χ0n) is 16.3. The zero-order valence-corrected chi connectivity index (χ0v) is 16.3. The van der Waals surface area contributed by atoms with Gasteiger partial charge >= 0.3 is 0 Å². The molecule has 0 saturated heterocycles. The van der Waals surface area contributed by atoms with Gasteiger partial charge in [-0.25, -0.2) is 9.66 Å². The van der Waals surface area contributed by atoms with Gasteiger partial charge in [-0.15, -0.1) is 0 Å². The Labute approximate surface area is 164 Å². The monoisotopic (exact) mass is 369 g/mol. The molecule has 0 unspecified atom stereocenters. The molecule has 4 rings (SSSR count). The summed E-state index contributed by atoms with van der Waals surface area (Å²) in [6.45, 7) is 6.29. The number of rotatable bonds is 4. The normalized spacial score (nSPS) is 11.4. The molecule has 2 N–H and O–H groups in total. The molecule has 0 amide bonds. The second-order valence-electron chi connectivity index (χ2n) is 6.94. The molecule has 0 atom stereocenters. The van der Waals surface area contributed by atoms with Crippen molar-refractivity contribution in [2.75, 3.05) is 5.73 Å². The predicted molar refractivity (Wildman–Crippen MR) is 115 cm³/mol. The first-order valence-corrected chi connectivity index (χ1v) is 9.23. The first-order chi connectivity index (χ1) is 13.5. The summed E-state index contributed by atoms with van der Waals surface area (Å²) in [4.78, 5) is 4.42. The van der Waals surface area contributed by atoms with E-state index in [-0.39, 0.29) is 0 Å². The van der Waals surface area contributed by atoms with Crippen molar-refractivity contribution < 1.29 is 0 Å². The van der Waals surface area contributed by atoms with Crippen LogP contribution in [0.15, 0.2) is 72.0 Å². The van der Waals surface area contributed by atoms with Crippen LogP contribution in [0.2, 0.25) is 0 Å². The lowest BCUT2D eigenvalue weighted by Crippen LogP contribution is -2.00. The van der Waals surface area contributed by atoms with Gasteiger partial charge < -0.3 is 10.3 Å². The molecule has 0 bridgehead atoms. The summed E-state index contributed by atoms with van der Waals surface area (Å²) in [6, 6.07) is 20.6. The van der Waals surface area contributed by atoms with E-state index in [9.17, 15) is 0 Å². The van der Waals surface area contributed by atoms with Gasteiger partial charge in [-0.05, 0) is 39.0 Å². The summed E-state index contributed by atoms with van der Waals surface area (Å²) in [5, 5.41) is 4.54. The lowest BCUT2D eigenvalue weighted by atomic mass is 10.2. The Morgan fingerprint density at radius 2 is 1.68 bits per heavy atom. The largest absolute Gasteiger partial charge is 0.368 e. The minimum Gasteiger partial charge on any atom is -0.368 e. The molecular formula is C23H23N5. The average Bonchev–Trinajstić information content (AvgIpc) is 3.21. The van der Waals surface area contributed by atoms with E-state index >= 15 is 0 Å². The number of benzene rings is 2. The summed E-state index contributed by atoms with van der Waals surface area (Å²) < 4.78 is 3.84. The quantitative estimate of drug-likeness (QED) is 0.529. The van der Waals surface area contributed by atoms with Crippen LogP contribution in [0.3, 0.4) is 0 Å². The minimum absolute atomic E-state index is 0.363. The van der Waals surface area contributed by atoms with Crippen LogP contribution < -0.4 is 5.73 Å². The highest BCUT2D eigenvalue weighted by atomic mass is 15.4. The number of hydrogen-bond donors (Lipinski definition) is 1. The van der Waals surface area contributed by atoms with Gasteiger partial charge in [0, 0.05) is 28.2 Å². The molecular weight excluding hydrogens is 346 g/mol. The molecule has 0 aliphatic heterocycles. The lowest BCUT2D eigenvalue weighted by Gasteiger charge is -2.09. The minimum atomic E-state index is 0.363. The van der Waals surface area contributed by atoms with Crippen molar-refractivity contribution in [3.8, 4) is 16.9 Å². The van der Waals surface area contributed by atoms with Gasteiger partial charge in [0.1, 0.15) is 0 Å². The Morgan fingerprint density at radius 3 is 2.39 bits per heavy atom. The smallest absolute Gasteiger partial charge is 0.221 e. The average molecular weight is 369 g/mol. The molecule has 4 aromatic rings. The Bertz CT molecular complexity index is 1130. The molecule has 2 aromatic heterocycles. The van der Waals surface area contributed by atoms with Crippen LogP contribution in [-0.4, -0.2) is 20.4 Å². The Morgan fingerprint density at radius 1 is 0.964 bits per heavy atom. The summed E-state index contributed by atoms with van der Waals surface area (Å²) in [5.41, 5.74) is 13.6. The second kappa shape index (κ2) is 7.19. The third-order valence-electron chi connectivity index (χ3n) is 4.87. The summed E-state index contributed by atoms with van der Waals surface area (Å²) in [7, 11) is 0. The predicted octanol–water partition coefficient (Wildman–Crippen LogP) is 4.73. The molecule has 5 heteroatoms. The number of aromatic nitrogens is 3. The number of aryl methyl sites for hydroxylation is 2. The number of nitrogens with zero attached hydrogens (tertiary/aromatic N) is 4. The molecule has 5 nitrogen and oxygen atoms in total. The van der Waals surface area contributed by atoms with Crippen LogP contribution in [0.1, 0.15) is 22.5 Å². The second-order valence-corrected chi connectivity index (χ2v) is 6.94. The highest BCUT2D eigenvalue weighted by Gasteiger charge is 2.10. The van der Waals surface area contributed by atoms with Gasteiger partial charge in [-0.3, -0.25) is 0 Å². The fraction of sp³-hybridized carbons (Fsp3) is 0.130. The summed E-state index contributed by atoms with van der Waals surface area (Å²) in [6.07, 6.45) is 3.68. The van der Waals surface area contributed by atoms with Crippen molar-refractivity contribution in [2.45, 2.75) is 20.8 Å². The van der Waals surface area contributed by atoms with Gasteiger partial charge in [0.2, 0.25) is 5.95 Å². The van der Waals surface area contributed by atoms with Crippen molar-refractivity contribution in [2.24, 2.45) is 5.10 Å². The van der Waals surface area contributed by atoms with E-state index in [2.05, 4.69) is 65.8 Å². The molecule has 140 valence electrons. The van der Waals surface area contributed by atoms with Crippen LogP contribution in [0.25, 0.3) is 16.9 Å². The van der Waals surface area contributed by atoms with E-state index in [1.54, 1.807) is 4.68 Å². The van der Waals surface area contributed by atoms with Crippen LogP contribution in [0.5, 0.6) is 0 Å². The highest BCUT2D eigenvalue weighted by Crippen LogP contribution is 2.21. The fourth-order valence-electron chi connectivity index (χ4n) is 3.36. The first-order valence-electron chi connectivity index (χ1n) is 9.23.